The van der Waals surface area contributed by atoms with Gasteiger partial charge in [0.1, 0.15) is 17.7 Å². The van der Waals surface area contributed by atoms with Crippen LogP contribution in [-0.4, -0.2) is 53.1 Å². The SMILES string of the molecule is O=C(COC(=O)C1CC(O)CN1C(=O)Cc1ccccc1F)Nc1ccc(Br)cc1F. The van der Waals surface area contributed by atoms with Crippen LogP contribution in [-0.2, 0) is 25.5 Å². The van der Waals surface area contributed by atoms with E-state index in [0.717, 1.165) is 4.90 Å². The monoisotopic (exact) mass is 496 g/mol. The zero-order valence-electron chi connectivity index (χ0n) is 16.2. The molecule has 2 N–H and O–H groups in total. The summed E-state index contributed by atoms with van der Waals surface area (Å²) in [6.07, 6.45) is -1.30. The van der Waals surface area contributed by atoms with E-state index in [1.165, 1.54) is 36.4 Å². The number of likely N-dealkylation sites (tertiary alicyclic amines) is 1. The van der Waals surface area contributed by atoms with Crippen molar-refractivity contribution in [2.75, 3.05) is 18.5 Å². The summed E-state index contributed by atoms with van der Waals surface area (Å²) in [4.78, 5) is 38.1. The van der Waals surface area contributed by atoms with Gasteiger partial charge >= 0.3 is 5.97 Å². The minimum absolute atomic E-state index is 0.0647. The van der Waals surface area contributed by atoms with Gasteiger partial charge in [0.2, 0.25) is 5.91 Å². The number of amides is 2. The zero-order valence-corrected chi connectivity index (χ0v) is 17.8. The van der Waals surface area contributed by atoms with Gasteiger partial charge in [-0.1, -0.05) is 34.1 Å². The number of anilines is 1. The van der Waals surface area contributed by atoms with Gasteiger partial charge in [-0.3, -0.25) is 9.59 Å². The van der Waals surface area contributed by atoms with E-state index in [9.17, 15) is 28.3 Å². The summed E-state index contributed by atoms with van der Waals surface area (Å²) in [6, 6.07) is 8.70. The second kappa shape index (κ2) is 9.97. The van der Waals surface area contributed by atoms with Gasteiger partial charge in [0.05, 0.1) is 18.2 Å². The predicted octanol–water partition coefficient (Wildman–Crippen LogP) is 2.41. The van der Waals surface area contributed by atoms with Crippen LogP contribution in [0.3, 0.4) is 0 Å². The molecule has 1 fully saturated rings. The second-order valence-electron chi connectivity index (χ2n) is 7.00. The topological polar surface area (TPSA) is 95.9 Å². The van der Waals surface area contributed by atoms with Crippen LogP contribution >= 0.6 is 15.9 Å². The molecule has 0 radical (unpaired) electrons. The normalized spacial score (nSPS) is 18.0. The van der Waals surface area contributed by atoms with Gasteiger partial charge in [0, 0.05) is 17.4 Å². The first-order valence-electron chi connectivity index (χ1n) is 9.37. The Balaban J connectivity index is 1.58. The third kappa shape index (κ3) is 5.86. The van der Waals surface area contributed by atoms with Crippen molar-refractivity contribution in [1.29, 1.82) is 0 Å². The van der Waals surface area contributed by atoms with Crippen molar-refractivity contribution in [3.63, 3.8) is 0 Å². The molecule has 1 saturated heterocycles. The number of hydrogen-bond donors (Lipinski definition) is 2. The number of ether oxygens (including phenoxy) is 1. The Morgan fingerprint density at radius 1 is 1.16 bits per heavy atom. The van der Waals surface area contributed by atoms with E-state index in [1.54, 1.807) is 6.07 Å². The van der Waals surface area contributed by atoms with E-state index in [-0.39, 0.29) is 30.6 Å². The molecule has 0 aromatic heterocycles. The average molecular weight is 497 g/mol. The maximum atomic E-state index is 13.8. The van der Waals surface area contributed by atoms with Crippen LogP contribution in [0.25, 0.3) is 0 Å². The lowest BCUT2D eigenvalue weighted by molar-refractivity contribution is -0.155. The van der Waals surface area contributed by atoms with Crippen molar-refractivity contribution in [3.05, 3.63) is 64.1 Å². The molecular formula is C21H19BrF2N2O5. The highest BCUT2D eigenvalue weighted by molar-refractivity contribution is 9.10. The van der Waals surface area contributed by atoms with E-state index in [1.807, 2.05) is 0 Å². The second-order valence-corrected chi connectivity index (χ2v) is 7.92. The fourth-order valence-corrected chi connectivity index (χ4v) is 3.56. The van der Waals surface area contributed by atoms with Crippen LogP contribution in [0.5, 0.6) is 0 Å². The maximum absolute atomic E-state index is 13.8. The maximum Gasteiger partial charge on any atom is 0.329 e. The first kappa shape index (κ1) is 22.8. The molecule has 1 aliphatic rings. The van der Waals surface area contributed by atoms with Crippen molar-refractivity contribution >= 4 is 39.4 Å². The standard InChI is InChI=1S/C21H19BrF2N2O5/c22-13-5-6-17(16(24)8-13)25-19(28)11-31-21(30)18-9-14(27)10-26(18)20(29)7-12-3-1-2-4-15(12)23/h1-6,8,14,18,27H,7,9-11H2,(H,25,28). The number of hydrogen-bond acceptors (Lipinski definition) is 5. The molecule has 0 spiro atoms. The van der Waals surface area contributed by atoms with Crippen LogP contribution in [0, 0.1) is 11.6 Å². The molecule has 10 heteroatoms. The van der Waals surface area contributed by atoms with Crippen LogP contribution < -0.4 is 5.32 Å². The molecule has 1 aliphatic heterocycles. The third-order valence-electron chi connectivity index (χ3n) is 4.72. The number of rotatable bonds is 6. The summed E-state index contributed by atoms with van der Waals surface area (Å²) < 4.78 is 33.1. The zero-order chi connectivity index (χ0) is 22.5. The van der Waals surface area contributed by atoms with E-state index in [4.69, 9.17) is 4.74 Å². The molecule has 2 aromatic rings. The molecule has 2 aromatic carbocycles. The number of β-amino-alcohol motifs (C(OH)–C–C–N with tert-alkyl or cyclic N) is 1. The molecule has 31 heavy (non-hydrogen) atoms. The molecule has 0 aliphatic carbocycles. The van der Waals surface area contributed by atoms with Gasteiger partial charge in [-0.25, -0.2) is 13.6 Å². The van der Waals surface area contributed by atoms with E-state index < -0.39 is 48.2 Å². The number of benzene rings is 2. The number of nitrogens with zero attached hydrogens (tertiary/aromatic N) is 1. The quantitative estimate of drug-likeness (QED) is 0.598. The van der Waals surface area contributed by atoms with Crippen molar-refractivity contribution in [3.8, 4) is 0 Å². The highest BCUT2D eigenvalue weighted by Crippen LogP contribution is 2.22. The molecule has 164 valence electrons. The number of carbonyl (C=O) groups is 3. The Bertz CT molecular complexity index is 1000. The fourth-order valence-electron chi connectivity index (χ4n) is 3.23. The smallest absolute Gasteiger partial charge is 0.329 e. The first-order chi connectivity index (χ1) is 14.7. The molecule has 2 amide bonds. The van der Waals surface area contributed by atoms with Crippen molar-refractivity contribution in [2.24, 2.45) is 0 Å². The minimum atomic E-state index is -1.11. The Hall–Kier alpha value is -2.85. The van der Waals surface area contributed by atoms with Crippen LogP contribution in [0.2, 0.25) is 0 Å². The molecule has 1 heterocycles. The molecule has 0 saturated carbocycles. The number of esters is 1. The van der Waals surface area contributed by atoms with Gasteiger partial charge in [0.25, 0.3) is 5.91 Å². The van der Waals surface area contributed by atoms with Gasteiger partial charge in [-0.05, 0) is 29.8 Å². The highest BCUT2D eigenvalue weighted by atomic mass is 79.9. The number of aliphatic hydroxyl groups excluding tert-OH is 1. The summed E-state index contributed by atoms with van der Waals surface area (Å²) >= 11 is 3.10. The highest BCUT2D eigenvalue weighted by Gasteiger charge is 2.40. The van der Waals surface area contributed by atoms with E-state index in [2.05, 4.69) is 21.2 Å². The van der Waals surface area contributed by atoms with E-state index >= 15 is 0 Å². The molecule has 0 bridgehead atoms. The Morgan fingerprint density at radius 3 is 2.61 bits per heavy atom. The lowest BCUT2D eigenvalue weighted by Crippen LogP contribution is -2.43. The van der Waals surface area contributed by atoms with Gasteiger partial charge < -0.3 is 20.1 Å². The molecular weight excluding hydrogens is 478 g/mol. The molecule has 3 rings (SSSR count). The summed E-state index contributed by atoms with van der Waals surface area (Å²) in [5.74, 6) is -3.42. The van der Waals surface area contributed by atoms with Gasteiger partial charge in [0.15, 0.2) is 6.61 Å². The molecule has 2 atom stereocenters. The number of aliphatic hydroxyl groups is 1. The summed E-state index contributed by atoms with van der Waals surface area (Å²) in [6.45, 7) is -0.806. The van der Waals surface area contributed by atoms with Gasteiger partial charge in [-0.2, -0.15) is 0 Å². The predicted molar refractivity (Wildman–Crippen MR) is 110 cm³/mol. The van der Waals surface area contributed by atoms with Crippen molar-refractivity contribution in [2.45, 2.75) is 25.0 Å². The minimum Gasteiger partial charge on any atom is -0.454 e. The average Bonchev–Trinajstić information content (AvgIpc) is 3.12. The van der Waals surface area contributed by atoms with Crippen LogP contribution in [0.4, 0.5) is 14.5 Å². The Kier molecular flexibility index (Phi) is 7.34. The number of carbonyl (C=O) groups excluding carboxylic acids is 3. The largest absolute Gasteiger partial charge is 0.454 e. The lowest BCUT2D eigenvalue weighted by atomic mass is 10.1. The number of nitrogens with one attached hydrogen (secondary N) is 1. The Morgan fingerprint density at radius 2 is 1.90 bits per heavy atom. The van der Waals surface area contributed by atoms with Crippen LogP contribution in [0.1, 0.15) is 12.0 Å². The van der Waals surface area contributed by atoms with E-state index in [0.29, 0.717) is 4.47 Å². The first-order valence-corrected chi connectivity index (χ1v) is 10.2. The van der Waals surface area contributed by atoms with Gasteiger partial charge in [-0.15, -0.1) is 0 Å². The molecule has 2 unspecified atom stereocenters. The lowest BCUT2D eigenvalue weighted by Gasteiger charge is -2.23. The summed E-state index contributed by atoms with van der Waals surface area (Å²) in [5.41, 5.74) is 0.0825. The number of halogens is 3. The van der Waals surface area contributed by atoms with Crippen LogP contribution in [0.15, 0.2) is 46.9 Å². The Labute approximate surface area is 185 Å². The molecule has 7 nitrogen and oxygen atoms in total. The third-order valence-corrected chi connectivity index (χ3v) is 5.21. The van der Waals surface area contributed by atoms with Crippen molar-refractivity contribution < 1.29 is 33.0 Å². The summed E-state index contributed by atoms with van der Waals surface area (Å²) in [7, 11) is 0. The van der Waals surface area contributed by atoms with Crippen molar-refractivity contribution in [1.82, 2.24) is 4.90 Å². The summed E-state index contributed by atoms with van der Waals surface area (Å²) in [5, 5.41) is 12.2. The fraction of sp³-hybridized carbons (Fsp3) is 0.286.